The van der Waals surface area contributed by atoms with Crippen LogP contribution in [0.3, 0.4) is 0 Å². The lowest BCUT2D eigenvalue weighted by atomic mass is 9.90. The number of thiophene rings is 1. The van der Waals surface area contributed by atoms with Gasteiger partial charge in [-0.1, -0.05) is 0 Å². The molecule has 1 aliphatic carbocycles. The number of hydrogen-bond donors (Lipinski definition) is 2. The summed E-state index contributed by atoms with van der Waals surface area (Å²) < 4.78 is 0. The number of fused-ring (bicyclic) bond motifs is 1. The highest BCUT2D eigenvalue weighted by Gasteiger charge is 2.33. The molecule has 4 rings (SSSR count). The molecule has 1 amide bonds. The van der Waals surface area contributed by atoms with Gasteiger partial charge < -0.3 is 15.3 Å². The molecule has 0 aromatic carbocycles. The maximum Gasteiger partial charge on any atom is 0.249 e. The highest BCUT2D eigenvalue weighted by molar-refractivity contribution is 7.18. The quantitative estimate of drug-likeness (QED) is 0.883. The van der Waals surface area contributed by atoms with Crippen molar-refractivity contribution in [3.05, 3.63) is 17.3 Å². The number of aliphatic hydroxyl groups excluding tert-OH is 1. The zero-order valence-corrected chi connectivity index (χ0v) is 14.6. The summed E-state index contributed by atoms with van der Waals surface area (Å²) >= 11 is 1.68. The van der Waals surface area contributed by atoms with Crippen LogP contribution in [-0.2, 0) is 4.79 Å². The lowest BCUT2D eigenvalue weighted by Gasteiger charge is -2.34. The Hall–Kier alpha value is -1.73. The summed E-state index contributed by atoms with van der Waals surface area (Å²) in [5, 5.41) is 14.3. The van der Waals surface area contributed by atoms with Crippen LogP contribution in [-0.4, -0.2) is 46.2 Å². The van der Waals surface area contributed by atoms with E-state index in [1.54, 1.807) is 17.7 Å². The number of nitrogens with one attached hydrogen (secondary N) is 1. The molecule has 2 aliphatic rings. The van der Waals surface area contributed by atoms with Crippen molar-refractivity contribution >= 4 is 33.3 Å². The fraction of sp³-hybridized carbons (Fsp3) is 0.588. The van der Waals surface area contributed by atoms with E-state index in [4.69, 9.17) is 0 Å². The zero-order chi connectivity index (χ0) is 16.7. The lowest BCUT2D eigenvalue weighted by Crippen LogP contribution is -2.45. The molecular weight excluding hydrogens is 324 g/mol. The molecule has 24 heavy (non-hydrogen) atoms. The topological polar surface area (TPSA) is 78.4 Å². The molecule has 3 heterocycles. The Bertz CT molecular complexity index is 750. The zero-order valence-electron chi connectivity index (χ0n) is 13.7. The van der Waals surface area contributed by atoms with E-state index in [0.29, 0.717) is 6.04 Å². The van der Waals surface area contributed by atoms with Gasteiger partial charge in [0, 0.05) is 24.0 Å². The van der Waals surface area contributed by atoms with Crippen molar-refractivity contribution in [2.45, 2.75) is 44.8 Å². The molecule has 128 valence electrons. The minimum Gasteiger partial charge on any atom is -0.383 e. The molecule has 1 atom stereocenters. The van der Waals surface area contributed by atoms with Gasteiger partial charge in [-0.25, -0.2) is 9.97 Å². The number of rotatable bonds is 4. The van der Waals surface area contributed by atoms with Crippen molar-refractivity contribution in [2.24, 2.45) is 5.92 Å². The standard InChI is InChI=1S/C17H22N4O2S/c1-10-8-13-15(18-9-19-17(13)24-10)21-6-4-11(5-7-21)14(22)16(23)20-12-2-3-12/h8-9,11-12,14,22H,2-7H2,1H3,(H,20,23)/t14-/m1/s1. The van der Waals surface area contributed by atoms with Crippen LogP contribution in [0.1, 0.15) is 30.6 Å². The molecule has 7 heteroatoms. The van der Waals surface area contributed by atoms with Gasteiger partial charge in [-0.15, -0.1) is 11.3 Å². The van der Waals surface area contributed by atoms with Crippen molar-refractivity contribution in [1.82, 2.24) is 15.3 Å². The summed E-state index contributed by atoms with van der Waals surface area (Å²) in [7, 11) is 0. The fourth-order valence-electron chi connectivity index (χ4n) is 3.37. The highest BCUT2D eigenvalue weighted by Crippen LogP contribution is 2.32. The number of nitrogens with zero attached hydrogens (tertiary/aromatic N) is 3. The first-order chi connectivity index (χ1) is 11.6. The number of piperidine rings is 1. The summed E-state index contributed by atoms with van der Waals surface area (Å²) in [5.74, 6) is 0.801. The van der Waals surface area contributed by atoms with Gasteiger partial charge in [-0.05, 0) is 44.6 Å². The monoisotopic (exact) mass is 346 g/mol. The second kappa shape index (κ2) is 6.29. The van der Waals surface area contributed by atoms with E-state index < -0.39 is 6.10 Å². The van der Waals surface area contributed by atoms with Crippen molar-refractivity contribution in [1.29, 1.82) is 0 Å². The third kappa shape index (κ3) is 3.10. The molecule has 2 N–H and O–H groups in total. The molecule has 0 bridgehead atoms. The molecule has 6 nitrogen and oxygen atoms in total. The number of carbonyl (C=O) groups is 1. The van der Waals surface area contributed by atoms with E-state index in [0.717, 1.165) is 54.8 Å². The average Bonchev–Trinajstić information content (AvgIpc) is 3.31. The number of aryl methyl sites for hydroxylation is 1. The highest BCUT2D eigenvalue weighted by atomic mass is 32.1. The molecular formula is C17H22N4O2S. The Morgan fingerprint density at radius 3 is 2.79 bits per heavy atom. The minimum absolute atomic E-state index is 0.0292. The van der Waals surface area contributed by atoms with Crippen LogP contribution in [0.15, 0.2) is 12.4 Å². The number of carbonyl (C=O) groups excluding carboxylic acids is 1. The normalized spacial score (nSPS) is 20.3. The Kier molecular flexibility index (Phi) is 4.14. The van der Waals surface area contributed by atoms with Gasteiger partial charge in [0.2, 0.25) is 5.91 Å². The van der Waals surface area contributed by atoms with Crippen LogP contribution in [0.25, 0.3) is 10.2 Å². The van der Waals surface area contributed by atoms with E-state index in [9.17, 15) is 9.90 Å². The predicted octanol–water partition coefficient (Wildman–Crippen LogP) is 1.86. The molecule has 2 fully saturated rings. The summed E-state index contributed by atoms with van der Waals surface area (Å²) in [6.45, 7) is 3.69. The van der Waals surface area contributed by atoms with Crippen molar-refractivity contribution in [3.63, 3.8) is 0 Å². The van der Waals surface area contributed by atoms with E-state index in [1.807, 2.05) is 0 Å². The van der Waals surface area contributed by atoms with Crippen molar-refractivity contribution in [3.8, 4) is 0 Å². The Labute approximate surface area is 144 Å². The van der Waals surface area contributed by atoms with Gasteiger partial charge in [0.15, 0.2) is 0 Å². The van der Waals surface area contributed by atoms with Crippen LogP contribution in [0.2, 0.25) is 0 Å². The van der Waals surface area contributed by atoms with E-state index in [-0.39, 0.29) is 11.8 Å². The maximum atomic E-state index is 12.0. The van der Waals surface area contributed by atoms with Crippen LogP contribution in [0.5, 0.6) is 0 Å². The Morgan fingerprint density at radius 1 is 1.33 bits per heavy atom. The van der Waals surface area contributed by atoms with Gasteiger partial charge in [-0.2, -0.15) is 0 Å². The first kappa shape index (κ1) is 15.8. The van der Waals surface area contributed by atoms with Crippen LogP contribution in [0, 0.1) is 12.8 Å². The molecule has 2 aromatic rings. The number of amides is 1. The predicted molar refractivity (Wildman–Crippen MR) is 94.3 cm³/mol. The molecule has 1 aliphatic heterocycles. The van der Waals surface area contributed by atoms with Gasteiger partial charge in [-0.3, -0.25) is 4.79 Å². The third-order valence-electron chi connectivity index (χ3n) is 4.91. The first-order valence-corrected chi connectivity index (χ1v) is 9.38. The number of aliphatic hydroxyl groups is 1. The number of hydrogen-bond acceptors (Lipinski definition) is 6. The summed E-state index contributed by atoms with van der Waals surface area (Å²) in [5.41, 5.74) is 0. The van der Waals surface area contributed by atoms with E-state index in [2.05, 4.69) is 33.2 Å². The van der Waals surface area contributed by atoms with Crippen LogP contribution < -0.4 is 10.2 Å². The average molecular weight is 346 g/mol. The maximum absolute atomic E-state index is 12.0. The Morgan fingerprint density at radius 2 is 2.08 bits per heavy atom. The molecule has 0 spiro atoms. The van der Waals surface area contributed by atoms with Crippen molar-refractivity contribution in [2.75, 3.05) is 18.0 Å². The molecule has 2 aromatic heterocycles. The van der Waals surface area contributed by atoms with Gasteiger partial charge >= 0.3 is 0 Å². The summed E-state index contributed by atoms with van der Waals surface area (Å²) in [6.07, 6.45) is 4.42. The second-order valence-electron chi connectivity index (χ2n) is 6.83. The first-order valence-electron chi connectivity index (χ1n) is 8.56. The minimum atomic E-state index is -0.887. The van der Waals surface area contributed by atoms with E-state index in [1.165, 1.54) is 4.88 Å². The van der Waals surface area contributed by atoms with Gasteiger partial charge in [0.1, 0.15) is 23.1 Å². The summed E-state index contributed by atoms with van der Waals surface area (Å²) in [4.78, 5) is 25.3. The van der Waals surface area contributed by atoms with Crippen molar-refractivity contribution < 1.29 is 9.90 Å². The fourth-order valence-corrected chi connectivity index (χ4v) is 4.21. The molecule has 0 radical (unpaired) electrons. The number of aromatic nitrogens is 2. The second-order valence-corrected chi connectivity index (χ2v) is 8.06. The Balaban J connectivity index is 1.42. The van der Waals surface area contributed by atoms with Gasteiger partial charge in [0.05, 0.1) is 5.39 Å². The molecule has 0 unspecified atom stereocenters. The van der Waals surface area contributed by atoms with Crippen LogP contribution in [0.4, 0.5) is 5.82 Å². The largest absolute Gasteiger partial charge is 0.383 e. The third-order valence-corrected chi connectivity index (χ3v) is 5.87. The molecule has 1 saturated heterocycles. The molecule has 1 saturated carbocycles. The lowest BCUT2D eigenvalue weighted by molar-refractivity contribution is -0.132. The summed E-state index contributed by atoms with van der Waals surface area (Å²) in [6, 6.07) is 2.43. The van der Waals surface area contributed by atoms with Crippen LogP contribution >= 0.6 is 11.3 Å². The van der Waals surface area contributed by atoms with E-state index >= 15 is 0 Å². The SMILES string of the molecule is Cc1cc2c(N3CCC([C@@H](O)C(=O)NC4CC4)CC3)ncnc2s1. The number of anilines is 1. The smallest absolute Gasteiger partial charge is 0.249 e. The van der Waals surface area contributed by atoms with Gasteiger partial charge in [0.25, 0.3) is 0 Å².